The molecule has 0 aliphatic carbocycles. The summed E-state index contributed by atoms with van der Waals surface area (Å²) in [7, 11) is 0. The molecule has 1 fully saturated rings. The highest BCUT2D eigenvalue weighted by Crippen LogP contribution is 2.38. The molecule has 0 radical (unpaired) electrons. The number of alkyl halides is 3. The minimum Gasteiger partial charge on any atom is -0.364 e. The van der Waals surface area contributed by atoms with Gasteiger partial charge in [0, 0.05) is 6.54 Å². The molecule has 1 aliphatic heterocycles. The molecular weight excluding hydrogens is 309 g/mol. The molecule has 1 heterocycles. The van der Waals surface area contributed by atoms with Gasteiger partial charge >= 0.3 is 6.18 Å². The number of amides is 1. The number of rotatable bonds is 3. The van der Waals surface area contributed by atoms with Crippen molar-refractivity contribution in [2.24, 2.45) is 5.73 Å². The molecule has 2 unspecified atom stereocenters. The summed E-state index contributed by atoms with van der Waals surface area (Å²) in [5, 5.41) is 2.04. The fourth-order valence-corrected chi connectivity index (χ4v) is 2.38. The van der Waals surface area contributed by atoms with Crippen LogP contribution in [0.1, 0.15) is 18.4 Å². The predicted octanol–water partition coefficient (Wildman–Crippen LogP) is 2.80. The number of nitrogens with one attached hydrogen (secondary N) is 1. The van der Waals surface area contributed by atoms with Crippen LogP contribution in [0, 0.1) is 0 Å². The normalized spacial score (nSPS) is 22.3. The Morgan fingerprint density at radius 3 is 2.71 bits per heavy atom. The number of carbonyl (C=O) groups excluding carboxylic acids is 1. The standard InChI is InChI=1S/C13H14ClF3N2O2/c14-9-3-1-2-8(13(15,16)17)11(9)19-12(20)10-5-4-7(6-18)21-10/h1-3,7,10H,4-6,18H2,(H,19,20). The van der Waals surface area contributed by atoms with E-state index >= 15 is 0 Å². The van der Waals surface area contributed by atoms with Gasteiger partial charge in [0.2, 0.25) is 0 Å². The average molecular weight is 323 g/mol. The van der Waals surface area contributed by atoms with E-state index in [1.165, 1.54) is 12.1 Å². The van der Waals surface area contributed by atoms with Crippen LogP contribution >= 0.6 is 11.6 Å². The first-order valence-electron chi connectivity index (χ1n) is 6.35. The molecule has 0 spiro atoms. The third kappa shape index (κ3) is 3.66. The zero-order valence-corrected chi connectivity index (χ0v) is 11.7. The van der Waals surface area contributed by atoms with Gasteiger partial charge in [0.15, 0.2) is 0 Å². The van der Waals surface area contributed by atoms with Gasteiger partial charge in [-0.25, -0.2) is 0 Å². The number of hydrogen-bond donors (Lipinski definition) is 2. The van der Waals surface area contributed by atoms with Crippen molar-refractivity contribution in [3.8, 4) is 0 Å². The molecule has 1 aliphatic rings. The second-order valence-corrected chi connectivity index (χ2v) is 5.12. The van der Waals surface area contributed by atoms with E-state index in [0.717, 1.165) is 6.07 Å². The molecule has 0 aromatic heterocycles. The molecule has 116 valence electrons. The van der Waals surface area contributed by atoms with E-state index in [4.69, 9.17) is 22.1 Å². The van der Waals surface area contributed by atoms with Gasteiger partial charge in [-0.1, -0.05) is 17.7 Å². The number of nitrogens with two attached hydrogens (primary N) is 1. The van der Waals surface area contributed by atoms with Crippen molar-refractivity contribution >= 4 is 23.2 Å². The first kappa shape index (κ1) is 16.1. The number of halogens is 4. The Balaban J connectivity index is 2.18. The van der Waals surface area contributed by atoms with Crippen LogP contribution in [0.25, 0.3) is 0 Å². The van der Waals surface area contributed by atoms with Gasteiger partial charge in [-0.3, -0.25) is 4.79 Å². The van der Waals surface area contributed by atoms with Gasteiger partial charge in [-0.05, 0) is 25.0 Å². The summed E-state index contributed by atoms with van der Waals surface area (Å²) in [6, 6.07) is 3.32. The number of anilines is 1. The molecule has 1 aromatic rings. The number of hydrogen-bond acceptors (Lipinski definition) is 3. The van der Waals surface area contributed by atoms with Crippen LogP contribution in [0.4, 0.5) is 18.9 Å². The Bertz CT molecular complexity index is 537. The van der Waals surface area contributed by atoms with E-state index in [9.17, 15) is 18.0 Å². The smallest absolute Gasteiger partial charge is 0.364 e. The molecule has 21 heavy (non-hydrogen) atoms. The lowest BCUT2D eigenvalue weighted by Crippen LogP contribution is -2.30. The summed E-state index contributed by atoms with van der Waals surface area (Å²) in [5.41, 5.74) is 3.99. The molecule has 1 amide bonds. The quantitative estimate of drug-likeness (QED) is 0.899. The maximum atomic E-state index is 12.9. The first-order valence-corrected chi connectivity index (χ1v) is 6.73. The van der Waals surface area contributed by atoms with Crippen molar-refractivity contribution in [3.63, 3.8) is 0 Å². The summed E-state index contributed by atoms with van der Waals surface area (Å²) in [5.74, 6) is -0.649. The number of para-hydroxylation sites is 1. The minimum absolute atomic E-state index is 0.174. The lowest BCUT2D eigenvalue weighted by atomic mass is 10.1. The van der Waals surface area contributed by atoms with Crippen LogP contribution in [-0.2, 0) is 15.7 Å². The molecule has 2 atom stereocenters. The predicted molar refractivity (Wildman–Crippen MR) is 72.0 cm³/mol. The fourth-order valence-electron chi connectivity index (χ4n) is 2.16. The van der Waals surface area contributed by atoms with Gasteiger partial charge in [0.1, 0.15) is 6.10 Å². The van der Waals surface area contributed by atoms with Crippen molar-refractivity contribution in [2.75, 3.05) is 11.9 Å². The lowest BCUT2D eigenvalue weighted by Gasteiger charge is -2.17. The molecule has 1 saturated heterocycles. The van der Waals surface area contributed by atoms with Crippen LogP contribution in [0.15, 0.2) is 18.2 Å². The van der Waals surface area contributed by atoms with Gasteiger partial charge < -0.3 is 15.8 Å². The Hall–Kier alpha value is -1.31. The molecule has 0 bridgehead atoms. The topological polar surface area (TPSA) is 64.4 Å². The van der Waals surface area contributed by atoms with Crippen LogP contribution in [-0.4, -0.2) is 24.7 Å². The SMILES string of the molecule is NCC1CCC(C(=O)Nc2c(Cl)cccc2C(F)(F)F)O1. The van der Waals surface area contributed by atoms with E-state index in [2.05, 4.69) is 5.32 Å². The zero-order valence-electron chi connectivity index (χ0n) is 10.9. The molecule has 3 N–H and O–H groups in total. The molecule has 8 heteroatoms. The van der Waals surface area contributed by atoms with Crippen LogP contribution < -0.4 is 11.1 Å². The summed E-state index contributed by atoms with van der Waals surface area (Å²) < 4.78 is 44.1. The zero-order chi connectivity index (χ0) is 15.6. The molecule has 4 nitrogen and oxygen atoms in total. The first-order chi connectivity index (χ1) is 9.82. The molecule has 1 aromatic carbocycles. The van der Waals surface area contributed by atoms with Gasteiger partial charge in [-0.2, -0.15) is 13.2 Å². The Morgan fingerprint density at radius 2 is 2.14 bits per heavy atom. The number of benzene rings is 1. The van der Waals surface area contributed by atoms with Crippen molar-refractivity contribution in [3.05, 3.63) is 28.8 Å². The van der Waals surface area contributed by atoms with Crippen LogP contribution in [0.2, 0.25) is 5.02 Å². The Labute approximate surface area is 124 Å². The fraction of sp³-hybridized carbons (Fsp3) is 0.462. The van der Waals surface area contributed by atoms with Gasteiger partial charge in [0.25, 0.3) is 5.91 Å². The van der Waals surface area contributed by atoms with E-state index in [1.807, 2.05) is 0 Å². The highest BCUT2D eigenvalue weighted by molar-refractivity contribution is 6.34. The molecule has 0 saturated carbocycles. The summed E-state index contributed by atoms with van der Waals surface area (Å²) in [6.07, 6.45) is -4.64. The van der Waals surface area contributed by atoms with Crippen LogP contribution in [0.3, 0.4) is 0 Å². The Kier molecular flexibility index (Phi) is 4.75. The van der Waals surface area contributed by atoms with E-state index in [1.54, 1.807) is 0 Å². The second-order valence-electron chi connectivity index (χ2n) is 4.71. The van der Waals surface area contributed by atoms with E-state index in [0.29, 0.717) is 12.8 Å². The van der Waals surface area contributed by atoms with Crippen molar-refractivity contribution in [1.82, 2.24) is 0 Å². The molecule has 2 rings (SSSR count). The van der Waals surface area contributed by atoms with E-state index < -0.39 is 29.4 Å². The highest BCUT2D eigenvalue weighted by atomic mass is 35.5. The van der Waals surface area contributed by atoms with Gasteiger partial charge in [0.05, 0.1) is 22.4 Å². The summed E-state index contributed by atoms with van der Waals surface area (Å²) in [6.45, 7) is 0.268. The summed E-state index contributed by atoms with van der Waals surface area (Å²) in [4.78, 5) is 12.0. The monoisotopic (exact) mass is 322 g/mol. The third-order valence-corrected chi connectivity index (χ3v) is 3.55. The van der Waals surface area contributed by atoms with Crippen molar-refractivity contribution in [1.29, 1.82) is 0 Å². The van der Waals surface area contributed by atoms with E-state index in [-0.39, 0.29) is 17.7 Å². The largest absolute Gasteiger partial charge is 0.418 e. The highest BCUT2D eigenvalue weighted by Gasteiger charge is 2.36. The van der Waals surface area contributed by atoms with Gasteiger partial charge in [-0.15, -0.1) is 0 Å². The average Bonchev–Trinajstić information content (AvgIpc) is 2.88. The number of carbonyl (C=O) groups is 1. The van der Waals surface area contributed by atoms with Crippen molar-refractivity contribution < 1.29 is 22.7 Å². The van der Waals surface area contributed by atoms with Crippen LogP contribution in [0.5, 0.6) is 0 Å². The summed E-state index contributed by atoms with van der Waals surface area (Å²) >= 11 is 5.77. The maximum absolute atomic E-state index is 12.9. The Morgan fingerprint density at radius 1 is 1.43 bits per heavy atom. The lowest BCUT2D eigenvalue weighted by molar-refractivity contribution is -0.137. The third-order valence-electron chi connectivity index (χ3n) is 3.23. The van der Waals surface area contributed by atoms with Crippen molar-refractivity contribution in [2.45, 2.75) is 31.2 Å². The number of ether oxygens (including phenoxy) is 1. The minimum atomic E-state index is -4.61. The maximum Gasteiger partial charge on any atom is 0.418 e. The second kappa shape index (κ2) is 6.21. The molecular formula is C13H14ClF3N2O2.